The first-order valence-electron chi connectivity index (χ1n) is 8.00. The number of pyridine rings is 1. The monoisotopic (exact) mass is 317 g/mol. The van der Waals surface area contributed by atoms with Crippen molar-refractivity contribution >= 4 is 12.0 Å². The van der Waals surface area contributed by atoms with E-state index in [0.717, 1.165) is 11.3 Å². The number of rotatable bonds is 5. The highest BCUT2D eigenvalue weighted by Gasteiger charge is 2.03. The maximum atomic E-state index is 5.63. The molecule has 22 heavy (non-hydrogen) atoms. The molecule has 0 aliphatic heterocycles. The van der Waals surface area contributed by atoms with Crippen molar-refractivity contribution in [2.24, 2.45) is 0 Å². The van der Waals surface area contributed by atoms with Gasteiger partial charge in [-0.05, 0) is 35.6 Å². The molecule has 0 atom stereocenters. The topological polar surface area (TPSA) is 22.1 Å². The van der Waals surface area contributed by atoms with Gasteiger partial charge in [0.1, 0.15) is 0 Å². The zero-order valence-corrected chi connectivity index (χ0v) is 15.1. The normalized spacial score (nSPS) is 10.1. The Hall–Kier alpha value is -1.48. The zero-order valence-electron chi connectivity index (χ0n) is 14.3. The Morgan fingerprint density at radius 3 is 2.36 bits per heavy atom. The summed E-state index contributed by atoms with van der Waals surface area (Å²) < 4.78 is 5.63. The fourth-order valence-corrected chi connectivity index (χ4v) is 2.28. The third kappa shape index (κ3) is 6.52. The number of benzene rings is 1. The number of aryl methyl sites for hydroxylation is 1. The summed E-state index contributed by atoms with van der Waals surface area (Å²) in [6.07, 6.45) is 4.11. The van der Waals surface area contributed by atoms with Crippen LogP contribution in [0.3, 0.4) is 0 Å². The van der Waals surface area contributed by atoms with Crippen molar-refractivity contribution in [2.45, 2.75) is 58.3 Å². The number of hydrogen-bond acceptors (Lipinski definition) is 3. The number of aromatic nitrogens is 1. The third-order valence-corrected chi connectivity index (χ3v) is 3.65. The Bertz CT molecular complexity index is 537. The second kappa shape index (κ2) is 10.3. The van der Waals surface area contributed by atoms with Gasteiger partial charge in [-0.1, -0.05) is 59.2 Å². The lowest BCUT2D eigenvalue weighted by molar-refractivity contribution is 0.615. The smallest absolute Gasteiger partial charge is 0.228 e. The molecule has 2 rings (SSSR count). The van der Waals surface area contributed by atoms with Crippen molar-refractivity contribution in [3.63, 3.8) is 0 Å². The molecule has 0 amide bonds. The van der Waals surface area contributed by atoms with Gasteiger partial charge in [-0.25, -0.2) is 4.98 Å². The minimum Gasteiger partial charge on any atom is -0.401 e. The molecule has 0 saturated carbocycles. The molecule has 3 heteroatoms. The van der Waals surface area contributed by atoms with E-state index < -0.39 is 0 Å². The summed E-state index contributed by atoms with van der Waals surface area (Å²) in [5.74, 6) is 1.18. The summed E-state index contributed by atoms with van der Waals surface area (Å²) in [5.41, 5.74) is 2.54. The van der Waals surface area contributed by atoms with Crippen LogP contribution in [0.15, 0.2) is 47.5 Å². The average Bonchev–Trinajstić information content (AvgIpc) is 2.54. The van der Waals surface area contributed by atoms with Crippen molar-refractivity contribution in [2.75, 3.05) is 0 Å². The van der Waals surface area contributed by atoms with Gasteiger partial charge in [0.2, 0.25) is 5.88 Å². The van der Waals surface area contributed by atoms with Crippen molar-refractivity contribution in [1.82, 2.24) is 4.98 Å². The fourth-order valence-electron chi connectivity index (χ4n) is 1.69. The molecule has 0 fully saturated rings. The number of hydrogen-bond donors (Lipinski definition) is 0. The van der Waals surface area contributed by atoms with Gasteiger partial charge in [0.05, 0.1) is 12.0 Å². The molecule has 0 radical (unpaired) electrons. The molecule has 2 aromatic rings. The second-order valence-corrected chi connectivity index (χ2v) is 6.26. The van der Waals surface area contributed by atoms with Crippen LogP contribution in [0.1, 0.15) is 58.1 Å². The summed E-state index contributed by atoms with van der Waals surface area (Å²) in [7, 11) is 0. The van der Waals surface area contributed by atoms with Gasteiger partial charge >= 0.3 is 0 Å². The summed E-state index contributed by atoms with van der Waals surface area (Å²) in [6.45, 7) is 10.7. The van der Waals surface area contributed by atoms with Crippen LogP contribution in [0.2, 0.25) is 0 Å². The number of nitrogens with zero attached hydrogens (tertiary/aromatic N) is 1. The van der Waals surface area contributed by atoms with E-state index in [9.17, 15) is 0 Å². The van der Waals surface area contributed by atoms with Gasteiger partial charge in [0.15, 0.2) is 0 Å². The molecule has 1 aromatic carbocycles. The lowest BCUT2D eigenvalue weighted by Crippen LogP contribution is -1.90. The van der Waals surface area contributed by atoms with Crippen molar-refractivity contribution in [3.8, 4) is 5.88 Å². The molecule has 0 N–H and O–H groups in total. The van der Waals surface area contributed by atoms with E-state index in [4.69, 9.17) is 4.18 Å². The Balaban J connectivity index is 0.000000745. The zero-order chi connectivity index (χ0) is 16.4. The van der Waals surface area contributed by atoms with Crippen LogP contribution in [0.25, 0.3) is 0 Å². The molecule has 0 spiro atoms. The Morgan fingerprint density at radius 2 is 1.82 bits per heavy atom. The van der Waals surface area contributed by atoms with E-state index in [0.29, 0.717) is 11.8 Å². The quantitative estimate of drug-likeness (QED) is 0.607. The van der Waals surface area contributed by atoms with Crippen molar-refractivity contribution in [3.05, 3.63) is 53.7 Å². The molecule has 1 aromatic heterocycles. The van der Waals surface area contributed by atoms with Crippen LogP contribution < -0.4 is 4.18 Å². The molecular formula is C19H27NOS. The van der Waals surface area contributed by atoms with Crippen LogP contribution in [0.4, 0.5) is 0 Å². The Kier molecular flexibility index (Phi) is 8.68. The summed E-state index contributed by atoms with van der Waals surface area (Å²) in [4.78, 5) is 5.38. The molecule has 0 saturated heterocycles. The molecule has 1 heterocycles. The van der Waals surface area contributed by atoms with Gasteiger partial charge in [0.25, 0.3) is 0 Å². The van der Waals surface area contributed by atoms with Crippen LogP contribution in [-0.4, -0.2) is 4.98 Å². The lowest BCUT2D eigenvalue weighted by Gasteiger charge is -2.08. The summed E-state index contributed by atoms with van der Waals surface area (Å²) in [6, 6.07) is 12.4. The van der Waals surface area contributed by atoms with Gasteiger partial charge in [-0.2, -0.15) is 0 Å². The fraction of sp³-hybridized carbons (Fsp3) is 0.421. The lowest BCUT2D eigenvalue weighted by atomic mass is 10.0. The highest BCUT2D eigenvalue weighted by atomic mass is 32.2. The molecule has 0 aliphatic rings. The molecule has 0 bridgehead atoms. The van der Waals surface area contributed by atoms with E-state index >= 15 is 0 Å². The predicted molar refractivity (Wildman–Crippen MR) is 96.6 cm³/mol. The maximum Gasteiger partial charge on any atom is 0.228 e. The molecule has 2 nitrogen and oxygen atoms in total. The van der Waals surface area contributed by atoms with Gasteiger partial charge < -0.3 is 4.18 Å². The highest BCUT2D eigenvalue weighted by Crippen LogP contribution is 2.25. The van der Waals surface area contributed by atoms with Gasteiger partial charge in [-0.15, -0.1) is 0 Å². The van der Waals surface area contributed by atoms with Crippen molar-refractivity contribution < 1.29 is 4.18 Å². The first-order valence-corrected chi connectivity index (χ1v) is 8.74. The third-order valence-electron chi connectivity index (χ3n) is 2.95. The minimum atomic E-state index is 0.530. The van der Waals surface area contributed by atoms with Crippen LogP contribution >= 0.6 is 12.0 Å². The van der Waals surface area contributed by atoms with E-state index in [-0.39, 0.29) is 0 Å². The van der Waals surface area contributed by atoms with Crippen LogP contribution in [0.5, 0.6) is 5.88 Å². The largest absolute Gasteiger partial charge is 0.401 e. The highest BCUT2D eigenvalue weighted by molar-refractivity contribution is 7.95. The minimum absolute atomic E-state index is 0.530. The van der Waals surface area contributed by atoms with Crippen LogP contribution in [0, 0.1) is 0 Å². The average molecular weight is 317 g/mol. The molecule has 0 unspecified atom stereocenters. The van der Waals surface area contributed by atoms with Gasteiger partial charge in [-0.3, -0.25) is 0 Å². The Morgan fingerprint density at radius 1 is 1.09 bits per heavy atom. The second-order valence-electron chi connectivity index (χ2n) is 5.46. The van der Waals surface area contributed by atoms with Gasteiger partial charge in [0, 0.05) is 17.2 Å². The summed E-state index contributed by atoms with van der Waals surface area (Å²) in [5, 5.41) is 0. The maximum absolute atomic E-state index is 5.63. The first-order chi connectivity index (χ1) is 10.6. The van der Waals surface area contributed by atoms with E-state index in [1.54, 1.807) is 0 Å². The first kappa shape index (κ1) is 18.6. The SMILES string of the molecule is CCC.CCc1ccc(OSc2cccc(C(C)C)c2)nc1. The van der Waals surface area contributed by atoms with Crippen LogP contribution in [-0.2, 0) is 6.42 Å². The molecule has 0 aliphatic carbocycles. The van der Waals surface area contributed by atoms with E-state index in [2.05, 4.69) is 63.9 Å². The standard InChI is InChI=1S/C16H19NOS.C3H8/c1-4-13-8-9-16(17-11-13)18-19-15-7-5-6-14(10-15)12(2)3;1-3-2/h5-12H,4H2,1-3H3;3H2,1-2H3. The van der Waals surface area contributed by atoms with E-state index in [1.807, 2.05) is 18.3 Å². The van der Waals surface area contributed by atoms with E-state index in [1.165, 1.54) is 29.6 Å². The van der Waals surface area contributed by atoms with Crippen molar-refractivity contribution in [1.29, 1.82) is 0 Å². The summed E-state index contributed by atoms with van der Waals surface area (Å²) >= 11 is 1.36. The molecule has 120 valence electrons. The predicted octanol–water partition coefficient (Wildman–Crippen LogP) is 6.27. The molecular weight excluding hydrogens is 290 g/mol. The Labute approximate surface area is 139 Å².